The van der Waals surface area contributed by atoms with E-state index in [-0.39, 0.29) is 29.1 Å². The molecule has 2 fully saturated rings. The maximum atomic E-state index is 14.6. The molecule has 2 bridgehead atoms. The molecule has 3 aromatic rings. The zero-order valence-corrected chi connectivity index (χ0v) is 17.1. The van der Waals surface area contributed by atoms with E-state index in [0.717, 1.165) is 31.1 Å². The Hall–Kier alpha value is -3.29. The van der Waals surface area contributed by atoms with Crippen LogP contribution < -0.4 is 10.1 Å². The van der Waals surface area contributed by atoms with Gasteiger partial charge in [-0.15, -0.1) is 10.2 Å². The highest BCUT2D eigenvalue weighted by Gasteiger charge is 2.43. The maximum Gasteiger partial charge on any atom is 0.269 e. The van der Waals surface area contributed by atoms with Gasteiger partial charge in [-0.1, -0.05) is 6.07 Å². The minimum Gasteiger partial charge on any atom is -0.507 e. The van der Waals surface area contributed by atoms with Gasteiger partial charge in [0.05, 0.1) is 11.2 Å². The fourth-order valence-corrected chi connectivity index (χ4v) is 4.79. The summed E-state index contributed by atoms with van der Waals surface area (Å²) in [5.74, 6) is 0.609. The zero-order valence-electron chi connectivity index (χ0n) is 17.1. The number of pyridine rings is 1. The number of phenols is 1. The first-order valence-corrected chi connectivity index (χ1v) is 10.5. The number of hydrogen-bond donors (Lipinski definition) is 2. The van der Waals surface area contributed by atoms with Gasteiger partial charge in [-0.2, -0.15) is 0 Å². The molecule has 4 atom stereocenters. The molecule has 0 unspecified atom stereocenters. The Kier molecular flexibility index (Phi) is 4.92. The third kappa shape index (κ3) is 3.66. The van der Waals surface area contributed by atoms with E-state index in [1.807, 2.05) is 0 Å². The summed E-state index contributed by atoms with van der Waals surface area (Å²) < 4.78 is 20.5. The Morgan fingerprint density at radius 1 is 1.16 bits per heavy atom. The number of hydrogen-bond acceptors (Lipinski definition) is 6. The van der Waals surface area contributed by atoms with E-state index in [4.69, 9.17) is 4.74 Å². The predicted octanol–water partition coefficient (Wildman–Crippen LogP) is 3.66. The summed E-state index contributed by atoms with van der Waals surface area (Å²) in [6.07, 6.45) is 2.27. The van der Waals surface area contributed by atoms with Crippen LogP contribution >= 0.6 is 0 Å². The Morgan fingerprint density at radius 3 is 2.81 bits per heavy atom. The average molecular weight is 422 g/mol. The number of carbonyl (C=O) groups is 1. The number of alkyl halides is 1. The molecule has 2 aromatic heterocycles. The van der Waals surface area contributed by atoms with Crippen molar-refractivity contribution >= 4 is 16.8 Å². The second-order valence-corrected chi connectivity index (χ2v) is 8.37. The van der Waals surface area contributed by atoms with Gasteiger partial charge in [0.2, 0.25) is 5.88 Å². The first-order valence-electron chi connectivity index (χ1n) is 10.5. The van der Waals surface area contributed by atoms with Crippen LogP contribution in [0, 0.1) is 11.8 Å². The highest BCUT2D eigenvalue weighted by Crippen LogP contribution is 2.44. The summed E-state index contributed by atoms with van der Waals surface area (Å²) in [5.41, 5.74) is 1.71. The van der Waals surface area contributed by atoms with Crippen LogP contribution in [-0.4, -0.2) is 45.5 Å². The molecule has 2 saturated carbocycles. The van der Waals surface area contributed by atoms with Crippen LogP contribution in [0.25, 0.3) is 22.2 Å². The van der Waals surface area contributed by atoms with Gasteiger partial charge in [-0.3, -0.25) is 4.79 Å². The van der Waals surface area contributed by atoms with E-state index in [1.54, 1.807) is 30.3 Å². The number of amides is 1. The molecule has 0 spiro atoms. The molecular formula is C23H23FN4O3. The van der Waals surface area contributed by atoms with E-state index in [2.05, 4.69) is 20.5 Å². The van der Waals surface area contributed by atoms with Crippen molar-refractivity contribution in [3.05, 3.63) is 42.1 Å². The lowest BCUT2D eigenvalue weighted by Crippen LogP contribution is -2.38. The summed E-state index contributed by atoms with van der Waals surface area (Å²) >= 11 is 0. The molecular weight excluding hydrogens is 399 g/mol. The van der Waals surface area contributed by atoms with Crippen LogP contribution in [0.3, 0.4) is 0 Å². The monoisotopic (exact) mass is 422 g/mol. The minimum atomic E-state index is -0.961. The van der Waals surface area contributed by atoms with Gasteiger partial charge in [0.1, 0.15) is 23.7 Å². The van der Waals surface area contributed by atoms with E-state index in [1.165, 1.54) is 13.1 Å². The van der Waals surface area contributed by atoms with Gasteiger partial charge in [0.15, 0.2) is 0 Å². The molecule has 2 N–H and O–H groups in total. The molecule has 8 heteroatoms. The maximum absolute atomic E-state index is 14.6. The fraction of sp³-hybridized carbons (Fsp3) is 0.391. The number of rotatable bonds is 4. The highest BCUT2D eigenvalue weighted by atomic mass is 19.1. The van der Waals surface area contributed by atoms with Crippen molar-refractivity contribution in [1.82, 2.24) is 20.5 Å². The summed E-state index contributed by atoms with van der Waals surface area (Å²) in [7, 11) is 1.53. The van der Waals surface area contributed by atoms with Gasteiger partial charge in [-0.25, -0.2) is 9.37 Å². The van der Waals surface area contributed by atoms with Crippen molar-refractivity contribution < 1.29 is 19.0 Å². The Labute approximate surface area is 178 Å². The Balaban J connectivity index is 1.37. The van der Waals surface area contributed by atoms with Gasteiger partial charge >= 0.3 is 0 Å². The average Bonchev–Trinajstić information content (AvgIpc) is 3.20. The Morgan fingerprint density at radius 2 is 2.03 bits per heavy atom. The molecule has 2 aliphatic carbocycles. The summed E-state index contributed by atoms with van der Waals surface area (Å²) in [4.78, 5) is 16.1. The first kappa shape index (κ1) is 19.7. The molecule has 0 radical (unpaired) electrons. The number of nitrogens with one attached hydrogen (secondary N) is 1. The number of nitrogens with zero attached hydrogens (tertiary/aromatic N) is 3. The van der Waals surface area contributed by atoms with Crippen LogP contribution in [-0.2, 0) is 0 Å². The van der Waals surface area contributed by atoms with Gasteiger partial charge in [-0.05, 0) is 55.7 Å². The fourth-order valence-electron chi connectivity index (χ4n) is 4.79. The number of aromatic nitrogens is 3. The lowest BCUT2D eigenvalue weighted by atomic mass is 9.85. The van der Waals surface area contributed by atoms with Crippen molar-refractivity contribution in [3.8, 4) is 22.9 Å². The Bertz CT molecular complexity index is 1140. The van der Waals surface area contributed by atoms with Gasteiger partial charge < -0.3 is 15.2 Å². The molecule has 1 aromatic carbocycles. The molecule has 5 rings (SSSR count). The van der Waals surface area contributed by atoms with Crippen LogP contribution in [0.1, 0.15) is 36.2 Å². The molecule has 0 aliphatic heterocycles. The topological polar surface area (TPSA) is 97.2 Å². The zero-order chi connectivity index (χ0) is 21.5. The second-order valence-electron chi connectivity index (χ2n) is 8.37. The van der Waals surface area contributed by atoms with E-state index in [9.17, 15) is 14.3 Å². The number of phenolic OH excluding ortho intramolecular Hbond substituents is 1. The highest BCUT2D eigenvalue weighted by molar-refractivity contribution is 5.96. The van der Waals surface area contributed by atoms with Crippen molar-refractivity contribution in [2.45, 2.75) is 38.0 Å². The lowest BCUT2D eigenvalue weighted by molar-refractivity contribution is 0.0223. The normalized spacial score (nSPS) is 24.8. The standard InChI is InChI=1S/C23H23FN4O3/c1-25-23(30)17-5-4-13-10-15(19(29)11-18(13)26-17)16-6-7-21(28-27-16)31-20-9-12-2-3-14(8-12)22(20)24/h4-7,10-12,14,20,22,29H,2-3,8-9H2,1H3,(H,25,30)/t12-,14+,20+,22-/m1/s1. The number of carbonyl (C=O) groups excluding carboxylic acids is 1. The SMILES string of the molecule is CNC(=O)c1ccc2cc(-c3ccc(O[C@H]4C[C@@H]5CC[C@@H](C5)[C@H]4F)nn3)c(O)cc2n1. The largest absolute Gasteiger partial charge is 0.507 e. The first-order chi connectivity index (χ1) is 15.0. The van der Waals surface area contributed by atoms with Crippen molar-refractivity contribution in [1.29, 1.82) is 0 Å². The third-order valence-corrected chi connectivity index (χ3v) is 6.41. The molecule has 160 valence electrons. The van der Waals surface area contributed by atoms with Crippen molar-refractivity contribution in [3.63, 3.8) is 0 Å². The summed E-state index contributed by atoms with van der Waals surface area (Å²) in [6, 6.07) is 9.97. The third-order valence-electron chi connectivity index (χ3n) is 6.41. The molecule has 31 heavy (non-hydrogen) atoms. The predicted molar refractivity (Wildman–Crippen MR) is 113 cm³/mol. The molecule has 2 heterocycles. The van der Waals surface area contributed by atoms with Crippen LogP contribution in [0.5, 0.6) is 11.6 Å². The minimum absolute atomic E-state index is 0.0234. The lowest BCUT2D eigenvalue weighted by Gasteiger charge is -2.31. The van der Waals surface area contributed by atoms with Gasteiger partial charge in [0, 0.05) is 30.1 Å². The van der Waals surface area contributed by atoms with Crippen molar-refractivity contribution in [2.24, 2.45) is 11.8 Å². The number of ether oxygens (including phenoxy) is 1. The number of aromatic hydroxyl groups is 1. The van der Waals surface area contributed by atoms with E-state index >= 15 is 0 Å². The molecule has 2 aliphatic rings. The van der Waals surface area contributed by atoms with E-state index in [0.29, 0.717) is 22.7 Å². The summed E-state index contributed by atoms with van der Waals surface area (Å²) in [6.45, 7) is 0. The van der Waals surface area contributed by atoms with Crippen LogP contribution in [0.4, 0.5) is 4.39 Å². The second kappa shape index (κ2) is 7.76. The summed E-state index contributed by atoms with van der Waals surface area (Å²) in [5, 5.41) is 22.0. The quantitative estimate of drug-likeness (QED) is 0.666. The van der Waals surface area contributed by atoms with Crippen LogP contribution in [0.15, 0.2) is 36.4 Å². The number of benzene rings is 1. The smallest absolute Gasteiger partial charge is 0.269 e. The van der Waals surface area contributed by atoms with Crippen molar-refractivity contribution in [2.75, 3.05) is 7.05 Å². The van der Waals surface area contributed by atoms with E-state index < -0.39 is 12.3 Å². The number of halogens is 1. The molecule has 0 saturated heterocycles. The van der Waals surface area contributed by atoms with Gasteiger partial charge in [0.25, 0.3) is 5.91 Å². The number of fused-ring (bicyclic) bond motifs is 3. The van der Waals surface area contributed by atoms with Crippen LogP contribution in [0.2, 0.25) is 0 Å². The molecule has 7 nitrogen and oxygen atoms in total. The molecule has 1 amide bonds.